The minimum absolute atomic E-state index is 0.482. The number of ether oxygens (including phenoxy) is 1. The van der Waals surface area contributed by atoms with Crippen LogP contribution in [0.5, 0.6) is 5.75 Å². The molecule has 2 heteroatoms. The van der Waals surface area contributed by atoms with Gasteiger partial charge in [0.25, 0.3) is 0 Å². The van der Waals surface area contributed by atoms with Crippen molar-refractivity contribution in [2.45, 2.75) is 26.4 Å². The molecule has 2 aromatic carbocycles. The standard InChI is InChI=1S/C16H19BO/c1-12(2)15-10-14(17)8-9-16(15)18-11-13-6-4-3-5-7-13/h3-10,12H,11,17H2,1-2H3. The van der Waals surface area contributed by atoms with Crippen LogP contribution in [0.4, 0.5) is 0 Å². The van der Waals surface area contributed by atoms with Gasteiger partial charge in [-0.3, -0.25) is 0 Å². The van der Waals surface area contributed by atoms with Crippen molar-refractivity contribution in [3.05, 3.63) is 59.7 Å². The second-order valence-electron chi connectivity index (χ2n) is 4.97. The van der Waals surface area contributed by atoms with Crippen molar-refractivity contribution in [1.29, 1.82) is 0 Å². The van der Waals surface area contributed by atoms with Gasteiger partial charge in [0, 0.05) is 0 Å². The smallest absolute Gasteiger partial charge is 0.139 e. The normalized spacial score (nSPS) is 10.6. The van der Waals surface area contributed by atoms with Gasteiger partial charge in [0.05, 0.1) is 0 Å². The van der Waals surface area contributed by atoms with Crippen LogP contribution < -0.4 is 10.2 Å². The lowest BCUT2D eigenvalue weighted by atomic mass is 9.90. The van der Waals surface area contributed by atoms with Gasteiger partial charge in [-0.05, 0) is 23.1 Å². The molecule has 0 radical (unpaired) electrons. The van der Waals surface area contributed by atoms with E-state index in [9.17, 15) is 0 Å². The number of hydrogen-bond donors (Lipinski definition) is 0. The van der Waals surface area contributed by atoms with E-state index in [2.05, 4.69) is 52.0 Å². The minimum Gasteiger partial charge on any atom is -0.489 e. The Kier molecular flexibility index (Phi) is 4.09. The largest absolute Gasteiger partial charge is 0.489 e. The van der Waals surface area contributed by atoms with Crippen molar-refractivity contribution in [2.24, 2.45) is 0 Å². The second kappa shape index (κ2) is 5.77. The summed E-state index contributed by atoms with van der Waals surface area (Å²) in [5, 5.41) is 0. The molecule has 0 fully saturated rings. The van der Waals surface area contributed by atoms with Gasteiger partial charge >= 0.3 is 0 Å². The Morgan fingerprint density at radius 2 is 1.78 bits per heavy atom. The molecule has 0 bridgehead atoms. The lowest BCUT2D eigenvalue weighted by Crippen LogP contribution is -2.07. The van der Waals surface area contributed by atoms with Crippen LogP contribution in [0.2, 0.25) is 0 Å². The summed E-state index contributed by atoms with van der Waals surface area (Å²) < 4.78 is 5.94. The maximum atomic E-state index is 5.94. The third-order valence-electron chi connectivity index (χ3n) is 3.02. The first-order valence-corrected chi connectivity index (χ1v) is 6.44. The maximum absolute atomic E-state index is 5.94. The molecule has 0 N–H and O–H groups in total. The summed E-state index contributed by atoms with van der Waals surface area (Å²) in [5.74, 6) is 1.48. The van der Waals surface area contributed by atoms with Crippen LogP contribution in [0, 0.1) is 0 Å². The van der Waals surface area contributed by atoms with Crippen LogP contribution in [0.3, 0.4) is 0 Å². The van der Waals surface area contributed by atoms with Crippen LogP contribution >= 0.6 is 0 Å². The lowest BCUT2D eigenvalue weighted by molar-refractivity contribution is 0.302. The summed E-state index contributed by atoms with van der Waals surface area (Å²) in [5.41, 5.74) is 3.77. The number of benzene rings is 2. The predicted octanol–water partition coefficient (Wildman–Crippen LogP) is 2.65. The van der Waals surface area contributed by atoms with Crippen molar-refractivity contribution in [3.8, 4) is 5.75 Å². The summed E-state index contributed by atoms with van der Waals surface area (Å²) in [6.07, 6.45) is 0. The third kappa shape index (κ3) is 3.16. The fourth-order valence-electron chi connectivity index (χ4n) is 1.99. The van der Waals surface area contributed by atoms with Gasteiger partial charge in [0.15, 0.2) is 0 Å². The van der Waals surface area contributed by atoms with E-state index < -0.39 is 0 Å². The van der Waals surface area contributed by atoms with Crippen molar-refractivity contribution in [1.82, 2.24) is 0 Å². The van der Waals surface area contributed by atoms with Crippen molar-refractivity contribution in [3.63, 3.8) is 0 Å². The minimum atomic E-state index is 0.482. The fourth-order valence-corrected chi connectivity index (χ4v) is 1.99. The van der Waals surface area contributed by atoms with E-state index >= 15 is 0 Å². The highest BCUT2D eigenvalue weighted by Gasteiger charge is 2.08. The van der Waals surface area contributed by atoms with E-state index in [1.807, 2.05) is 18.2 Å². The number of hydrogen-bond acceptors (Lipinski definition) is 1. The molecule has 0 spiro atoms. The van der Waals surface area contributed by atoms with E-state index in [1.54, 1.807) is 0 Å². The average molecular weight is 238 g/mol. The zero-order valence-corrected chi connectivity index (χ0v) is 11.3. The van der Waals surface area contributed by atoms with Crippen molar-refractivity contribution < 1.29 is 4.74 Å². The lowest BCUT2D eigenvalue weighted by Gasteiger charge is -2.15. The molecule has 0 atom stereocenters. The van der Waals surface area contributed by atoms with Crippen LogP contribution in [-0.4, -0.2) is 7.85 Å². The van der Waals surface area contributed by atoms with E-state index in [-0.39, 0.29) is 0 Å². The first-order valence-electron chi connectivity index (χ1n) is 6.44. The fraction of sp³-hybridized carbons (Fsp3) is 0.250. The zero-order valence-electron chi connectivity index (χ0n) is 11.3. The Balaban J connectivity index is 2.14. The van der Waals surface area contributed by atoms with Gasteiger partial charge in [0.1, 0.15) is 20.2 Å². The molecule has 0 aliphatic carbocycles. The zero-order chi connectivity index (χ0) is 13.0. The predicted molar refractivity (Wildman–Crippen MR) is 79.5 cm³/mol. The first kappa shape index (κ1) is 12.8. The molecular weight excluding hydrogens is 219 g/mol. The molecule has 0 unspecified atom stereocenters. The Bertz CT molecular complexity index is 506. The Morgan fingerprint density at radius 3 is 2.44 bits per heavy atom. The van der Waals surface area contributed by atoms with Gasteiger partial charge in [-0.1, -0.05) is 61.8 Å². The average Bonchev–Trinajstić information content (AvgIpc) is 2.38. The number of rotatable bonds is 4. The molecule has 0 heterocycles. The molecule has 18 heavy (non-hydrogen) atoms. The SMILES string of the molecule is Bc1ccc(OCc2ccccc2)c(C(C)C)c1. The van der Waals surface area contributed by atoms with Crippen LogP contribution in [0.15, 0.2) is 48.5 Å². The quantitative estimate of drug-likeness (QED) is 0.744. The van der Waals surface area contributed by atoms with E-state index in [0.717, 1.165) is 5.75 Å². The molecule has 2 rings (SSSR count). The molecular formula is C16H19BO. The van der Waals surface area contributed by atoms with Crippen molar-refractivity contribution in [2.75, 3.05) is 0 Å². The molecule has 1 nitrogen and oxygen atoms in total. The summed E-state index contributed by atoms with van der Waals surface area (Å²) in [7, 11) is 2.12. The molecule has 0 saturated heterocycles. The molecule has 0 aliphatic rings. The highest BCUT2D eigenvalue weighted by atomic mass is 16.5. The van der Waals surface area contributed by atoms with Crippen LogP contribution in [-0.2, 0) is 6.61 Å². The van der Waals surface area contributed by atoms with Gasteiger partial charge < -0.3 is 4.74 Å². The van der Waals surface area contributed by atoms with E-state index in [1.165, 1.54) is 16.6 Å². The molecule has 0 aromatic heterocycles. The molecule has 0 amide bonds. The summed E-state index contributed by atoms with van der Waals surface area (Å²) >= 11 is 0. The maximum Gasteiger partial charge on any atom is 0.139 e. The Hall–Kier alpha value is -1.70. The second-order valence-corrected chi connectivity index (χ2v) is 4.97. The van der Waals surface area contributed by atoms with E-state index in [0.29, 0.717) is 12.5 Å². The first-order chi connectivity index (χ1) is 8.66. The van der Waals surface area contributed by atoms with Gasteiger partial charge in [-0.15, -0.1) is 0 Å². The topological polar surface area (TPSA) is 9.23 Å². The highest BCUT2D eigenvalue weighted by molar-refractivity contribution is 6.32. The summed E-state index contributed by atoms with van der Waals surface area (Å²) in [4.78, 5) is 0. The molecule has 0 aliphatic heterocycles. The Labute approximate surface area is 110 Å². The van der Waals surface area contributed by atoms with Crippen molar-refractivity contribution >= 4 is 13.3 Å². The monoisotopic (exact) mass is 238 g/mol. The van der Waals surface area contributed by atoms with Crippen LogP contribution in [0.1, 0.15) is 30.9 Å². The summed E-state index contributed by atoms with van der Waals surface area (Å²) in [6, 6.07) is 16.7. The molecule has 92 valence electrons. The van der Waals surface area contributed by atoms with E-state index in [4.69, 9.17) is 4.74 Å². The Morgan fingerprint density at radius 1 is 1.06 bits per heavy atom. The summed E-state index contributed by atoms with van der Waals surface area (Å²) in [6.45, 7) is 5.03. The van der Waals surface area contributed by atoms with Gasteiger partial charge in [0.2, 0.25) is 0 Å². The molecule has 0 saturated carbocycles. The van der Waals surface area contributed by atoms with Gasteiger partial charge in [-0.25, -0.2) is 0 Å². The van der Waals surface area contributed by atoms with Crippen LogP contribution in [0.25, 0.3) is 0 Å². The third-order valence-corrected chi connectivity index (χ3v) is 3.02. The molecule has 2 aromatic rings. The van der Waals surface area contributed by atoms with Gasteiger partial charge in [-0.2, -0.15) is 0 Å². The highest BCUT2D eigenvalue weighted by Crippen LogP contribution is 2.25.